The van der Waals surface area contributed by atoms with Gasteiger partial charge in [-0.3, -0.25) is 4.68 Å². The third kappa shape index (κ3) is 5.59. The van der Waals surface area contributed by atoms with E-state index in [1.54, 1.807) is 0 Å². The first-order valence-electron chi connectivity index (χ1n) is 8.09. The molecule has 0 aromatic carbocycles. The Bertz CT molecular complexity index is 366. The van der Waals surface area contributed by atoms with Gasteiger partial charge in [0, 0.05) is 25.3 Å². The van der Waals surface area contributed by atoms with Crippen molar-refractivity contribution >= 4 is 0 Å². The van der Waals surface area contributed by atoms with Crippen LogP contribution in [0.2, 0.25) is 0 Å². The zero-order chi connectivity index (χ0) is 14.2. The molecule has 0 amide bonds. The molecule has 0 aliphatic carbocycles. The van der Waals surface area contributed by atoms with Crippen molar-refractivity contribution in [1.29, 1.82) is 0 Å². The minimum Gasteiger partial charge on any atom is -0.309 e. The van der Waals surface area contributed by atoms with E-state index in [1.165, 1.54) is 45.2 Å². The molecule has 5 heteroatoms. The Hall–Kier alpha value is -0.940. The highest BCUT2D eigenvalue weighted by Crippen LogP contribution is 2.10. The summed E-state index contributed by atoms with van der Waals surface area (Å²) < 4.78 is 1.98. The van der Waals surface area contributed by atoms with Gasteiger partial charge in [0.2, 0.25) is 0 Å². The fourth-order valence-electron chi connectivity index (χ4n) is 2.62. The van der Waals surface area contributed by atoms with Gasteiger partial charge in [0.15, 0.2) is 0 Å². The molecule has 1 aromatic heterocycles. The van der Waals surface area contributed by atoms with Crippen LogP contribution >= 0.6 is 0 Å². The molecule has 1 N–H and O–H groups in total. The van der Waals surface area contributed by atoms with Gasteiger partial charge in [-0.15, -0.1) is 5.10 Å². The van der Waals surface area contributed by atoms with Gasteiger partial charge in [0.05, 0.1) is 12.2 Å². The predicted octanol–water partition coefficient (Wildman–Crippen LogP) is 2.04. The molecular weight excluding hydrogens is 250 g/mol. The second kappa shape index (κ2) is 8.37. The highest BCUT2D eigenvalue weighted by molar-refractivity contribution is 4.91. The molecule has 5 nitrogen and oxygen atoms in total. The van der Waals surface area contributed by atoms with Crippen molar-refractivity contribution in [3.8, 4) is 0 Å². The Balaban J connectivity index is 1.72. The lowest BCUT2D eigenvalue weighted by Crippen LogP contribution is -2.30. The maximum atomic E-state index is 4.22. The number of hydrogen-bond donors (Lipinski definition) is 1. The van der Waals surface area contributed by atoms with E-state index in [4.69, 9.17) is 0 Å². The van der Waals surface area contributed by atoms with Crippen molar-refractivity contribution in [3.05, 3.63) is 11.9 Å². The Morgan fingerprint density at radius 3 is 2.50 bits per heavy atom. The number of nitrogens with zero attached hydrogens (tertiary/aromatic N) is 4. The van der Waals surface area contributed by atoms with Gasteiger partial charge in [-0.2, -0.15) is 0 Å². The number of aromatic nitrogens is 3. The maximum Gasteiger partial charge on any atom is 0.0964 e. The maximum absolute atomic E-state index is 4.22. The molecule has 0 unspecified atom stereocenters. The first kappa shape index (κ1) is 15.4. The van der Waals surface area contributed by atoms with Crippen LogP contribution in [0.15, 0.2) is 6.20 Å². The van der Waals surface area contributed by atoms with E-state index in [0.29, 0.717) is 6.04 Å². The molecule has 2 heterocycles. The van der Waals surface area contributed by atoms with Crippen LogP contribution in [0.4, 0.5) is 0 Å². The van der Waals surface area contributed by atoms with Crippen molar-refractivity contribution in [3.63, 3.8) is 0 Å². The van der Waals surface area contributed by atoms with Crippen molar-refractivity contribution in [1.82, 2.24) is 25.2 Å². The van der Waals surface area contributed by atoms with Crippen molar-refractivity contribution < 1.29 is 0 Å². The average molecular weight is 279 g/mol. The van der Waals surface area contributed by atoms with Crippen LogP contribution in [0, 0.1) is 0 Å². The largest absolute Gasteiger partial charge is 0.309 e. The van der Waals surface area contributed by atoms with Crippen LogP contribution in [0.25, 0.3) is 0 Å². The summed E-state index contributed by atoms with van der Waals surface area (Å²) in [6.45, 7) is 9.64. The van der Waals surface area contributed by atoms with E-state index in [0.717, 1.165) is 25.3 Å². The Morgan fingerprint density at radius 2 is 1.80 bits per heavy atom. The zero-order valence-electron chi connectivity index (χ0n) is 13.0. The molecule has 0 bridgehead atoms. The number of hydrogen-bond acceptors (Lipinski definition) is 4. The zero-order valence-corrected chi connectivity index (χ0v) is 13.0. The van der Waals surface area contributed by atoms with Crippen LogP contribution in [0.3, 0.4) is 0 Å². The molecule has 20 heavy (non-hydrogen) atoms. The predicted molar refractivity (Wildman–Crippen MR) is 81.5 cm³/mol. The molecule has 0 radical (unpaired) electrons. The molecule has 1 aromatic rings. The summed E-state index contributed by atoms with van der Waals surface area (Å²) in [5.41, 5.74) is 1.03. The third-order valence-corrected chi connectivity index (χ3v) is 3.87. The summed E-state index contributed by atoms with van der Waals surface area (Å²) >= 11 is 0. The topological polar surface area (TPSA) is 46.0 Å². The van der Waals surface area contributed by atoms with Gasteiger partial charge in [-0.1, -0.05) is 38.3 Å². The Morgan fingerprint density at radius 1 is 1.10 bits per heavy atom. The minimum atomic E-state index is 0.487. The van der Waals surface area contributed by atoms with E-state index >= 15 is 0 Å². The molecule has 1 fully saturated rings. The standard InChI is InChI=1S/C15H29N5/c1-14(2)16-12-15-13-20(18-17-15)11-10-19-8-6-4-3-5-7-9-19/h13-14,16H,3-12H2,1-2H3. The smallest absolute Gasteiger partial charge is 0.0964 e. The first-order valence-corrected chi connectivity index (χ1v) is 8.09. The number of rotatable bonds is 6. The minimum absolute atomic E-state index is 0.487. The van der Waals surface area contributed by atoms with Crippen LogP contribution in [-0.4, -0.2) is 45.6 Å². The molecule has 114 valence electrons. The molecular formula is C15H29N5. The lowest BCUT2D eigenvalue weighted by atomic mass is 10.1. The van der Waals surface area contributed by atoms with E-state index < -0.39 is 0 Å². The lowest BCUT2D eigenvalue weighted by molar-refractivity contribution is 0.235. The highest BCUT2D eigenvalue weighted by Gasteiger charge is 2.08. The Kier molecular flexibility index (Phi) is 6.47. The van der Waals surface area contributed by atoms with Crippen LogP contribution in [0.1, 0.15) is 51.6 Å². The fraction of sp³-hybridized carbons (Fsp3) is 0.867. The van der Waals surface area contributed by atoms with Crippen LogP contribution in [0.5, 0.6) is 0 Å². The second-order valence-electron chi connectivity index (χ2n) is 6.12. The first-order chi connectivity index (χ1) is 9.74. The van der Waals surface area contributed by atoms with Crippen LogP contribution < -0.4 is 5.32 Å². The number of likely N-dealkylation sites (tertiary alicyclic amines) is 1. The van der Waals surface area contributed by atoms with Gasteiger partial charge >= 0.3 is 0 Å². The van der Waals surface area contributed by atoms with E-state index in [-0.39, 0.29) is 0 Å². The third-order valence-electron chi connectivity index (χ3n) is 3.87. The van der Waals surface area contributed by atoms with Gasteiger partial charge in [0.1, 0.15) is 0 Å². The lowest BCUT2D eigenvalue weighted by Gasteiger charge is -2.24. The summed E-state index contributed by atoms with van der Waals surface area (Å²) in [6.07, 6.45) is 8.97. The average Bonchev–Trinajstić information content (AvgIpc) is 2.83. The monoisotopic (exact) mass is 279 g/mol. The molecule has 0 atom stereocenters. The quantitative estimate of drug-likeness (QED) is 0.865. The summed E-state index contributed by atoms with van der Waals surface area (Å²) in [5, 5.41) is 11.8. The van der Waals surface area contributed by atoms with Gasteiger partial charge in [-0.25, -0.2) is 0 Å². The second-order valence-corrected chi connectivity index (χ2v) is 6.12. The normalized spacial score (nSPS) is 18.1. The molecule has 0 spiro atoms. The van der Waals surface area contributed by atoms with Gasteiger partial charge < -0.3 is 10.2 Å². The summed E-state index contributed by atoms with van der Waals surface area (Å²) in [4.78, 5) is 2.58. The van der Waals surface area contributed by atoms with E-state index in [1.807, 2.05) is 4.68 Å². The van der Waals surface area contributed by atoms with E-state index in [9.17, 15) is 0 Å². The SMILES string of the molecule is CC(C)NCc1cn(CCN2CCCCCCC2)nn1. The fourth-order valence-corrected chi connectivity index (χ4v) is 2.62. The van der Waals surface area contributed by atoms with Gasteiger partial charge in [-0.05, 0) is 25.9 Å². The summed E-state index contributed by atoms with van der Waals surface area (Å²) in [7, 11) is 0. The summed E-state index contributed by atoms with van der Waals surface area (Å²) in [6, 6.07) is 0.487. The summed E-state index contributed by atoms with van der Waals surface area (Å²) in [5.74, 6) is 0. The van der Waals surface area contributed by atoms with Gasteiger partial charge in [0.25, 0.3) is 0 Å². The number of nitrogens with one attached hydrogen (secondary N) is 1. The van der Waals surface area contributed by atoms with Crippen molar-refractivity contribution in [2.24, 2.45) is 0 Å². The van der Waals surface area contributed by atoms with Crippen molar-refractivity contribution in [2.45, 2.75) is 65.1 Å². The van der Waals surface area contributed by atoms with Crippen LogP contribution in [-0.2, 0) is 13.1 Å². The highest BCUT2D eigenvalue weighted by atomic mass is 15.4. The molecule has 0 saturated carbocycles. The van der Waals surface area contributed by atoms with E-state index in [2.05, 4.69) is 40.6 Å². The Labute approximate surface area is 122 Å². The molecule has 1 aliphatic rings. The van der Waals surface area contributed by atoms with Crippen molar-refractivity contribution in [2.75, 3.05) is 19.6 Å². The molecule has 1 saturated heterocycles. The molecule has 1 aliphatic heterocycles. The molecule has 2 rings (SSSR count).